The highest BCUT2D eigenvalue weighted by Gasteiger charge is 2.32. The van der Waals surface area contributed by atoms with Crippen LogP contribution in [-0.4, -0.2) is 17.9 Å². The molecule has 1 atom stereocenters. The van der Waals surface area contributed by atoms with Gasteiger partial charge in [0.15, 0.2) is 6.10 Å². The number of nitrogens with zero attached hydrogens (tertiary/aromatic N) is 1. The molecule has 5 nitrogen and oxygen atoms in total. The number of benzene rings is 3. The molecule has 1 N–H and O–H groups in total. The number of hydrogen-bond acceptors (Lipinski definition) is 3. The molecular formula is C24H21BrN2O3. The van der Waals surface area contributed by atoms with Gasteiger partial charge in [-0.3, -0.25) is 9.59 Å². The van der Waals surface area contributed by atoms with Gasteiger partial charge in [0.25, 0.3) is 11.8 Å². The average molecular weight is 465 g/mol. The first-order chi connectivity index (χ1) is 14.4. The minimum absolute atomic E-state index is 0.114. The first-order valence-corrected chi connectivity index (χ1v) is 10.4. The van der Waals surface area contributed by atoms with Crippen molar-refractivity contribution in [3.8, 4) is 5.75 Å². The van der Waals surface area contributed by atoms with Crippen LogP contribution in [0.15, 0.2) is 71.2 Å². The summed E-state index contributed by atoms with van der Waals surface area (Å²) in [6.07, 6.45) is -0.566. The summed E-state index contributed by atoms with van der Waals surface area (Å²) in [5, 5.41) is 2.90. The number of ether oxygens (including phenoxy) is 1. The first kappa shape index (κ1) is 20.2. The van der Waals surface area contributed by atoms with Gasteiger partial charge in [-0.15, -0.1) is 0 Å². The topological polar surface area (TPSA) is 58.6 Å². The van der Waals surface area contributed by atoms with Gasteiger partial charge in [-0.05, 0) is 65.7 Å². The van der Waals surface area contributed by atoms with Crippen LogP contribution in [0.3, 0.4) is 0 Å². The van der Waals surface area contributed by atoms with E-state index in [1.807, 2.05) is 49.4 Å². The molecule has 0 aromatic heterocycles. The van der Waals surface area contributed by atoms with Crippen molar-refractivity contribution < 1.29 is 14.3 Å². The summed E-state index contributed by atoms with van der Waals surface area (Å²) in [6.45, 7) is 4.21. The van der Waals surface area contributed by atoms with E-state index in [-0.39, 0.29) is 11.8 Å². The molecule has 4 rings (SSSR count). The molecule has 1 unspecified atom stereocenters. The molecule has 1 heterocycles. The Labute approximate surface area is 183 Å². The molecule has 0 bridgehead atoms. The number of anilines is 2. The van der Waals surface area contributed by atoms with Crippen molar-refractivity contribution in [2.24, 2.45) is 0 Å². The second kappa shape index (κ2) is 8.32. The van der Waals surface area contributed by atoms with Crippen molar-refractivity contribution in [3.63, 3.8) is 0 Å². The van der Waals surface area contributed by atoms with Gasteiger partial charge in [0.05, 0.1) is 17.8 Å². The predicted molar refractivity (Wildman–Crippen MR) is 121 cm³/mol. The number of carbonyl (C=O) groups excluding carboxylic acids is 2. The van der Waals surface area contributed by atoms with E-state index in [2.05, 4.69) is 21.2 Å². The number of nitrogens with one attached hydrogen (secondary N) is 1. The lowest BCUT2D eigenvalue weighted by Crippen LogP contribution is -2.44. The second-order valence-electron chi connectivity index (χ2n) is 7.29. The predicted octanol–water partition coefficient (Wildman–Crippen LogP) is 5.32. The lowest BCUT2D eigenvalue weighted by Gasteiger charge is -2.33. The fourth-order valence-corrected chi connectivity index (χ4v) is 3.83. The Kier molecular flexibility index (Phi) is 5.59. The quantitative estimate of drug-likeness (QED) is 0.567. The fourth-order valence-electron chi connectivity index (χ4n) is 3.37. The third-order valence-electron chi connectivity index (χ3n) is 5.00. The smallest absolute Gasteiger partial charge is 0.268 e. The van der Waals surface area contributed by atoms with Gasteiger partial charge < -0.3 is 15.0 Å². The number of halogens is 1. The summed E-state index contributed by atoms with van der Waals surface area (Å²) in [7, 11) is 0. The Morgan fingerprint density at radius 1 is 1.10 bits per heavy atom. The van der Waals surface area contributed by atoms with Gasteiger partial charge in [0.2, 0.25) is 0 Å². The van der Waals surface area contributed by atoms with Crippen LogP contribution in [0.25, 0.3) is 0 Å². The number of rotatable bonds is 4. The van der Waals surface area contributed by atoms with E-state index in [9.17, 15) is 9.59 Å². The summed E-state index contributed by atoms with van der Waals surface area (Å²) in [5.41, 5.74) is 3.96. The van der Waals surface area contributed by atoms with E-state index in [1.165, 1.54) is 0 Å². The van der Waals surface area contributed by atoms with Crippen LogP contribution < -0.4 is 15.0 Å². The highest BCUT2D eigenvalue weighted by Crippen LogP contribution is 2.37. The van der Waals surface area contributed by atoms with E-state index in [0.717, 1.165) is 11.1 Å². The fraction of sp³-hybridized carbons (Fsp3) is 0.167. The van der Waals surface area contributed by atoms with Gasteiger partial charge >= 0.3 is 0 Å². The molecule has 0 aliphatic carbocycles. The Bertz CT molecular complexity index is 1110. The molecule has 30 heavy (non-hydrogen) atoms. The second-order valence-corrected chi connectivity index (χ2v) is 8.14. The number of fused-ring (bicyclic) bond motifs is 1. The van der Waals surface area contributed by atoms with Crippen molar-refractivity contribution in [1.29, 1.82) is 0 Å². The van der Waals surface area contributed by atoms with E-state index < -0.39 is 6.10 Å². The summed E-state index contributed by atoms with van der Waals surface area (Å²) >= 11 is 3.40. The number of carbonyl (C=O) groups is 2. The summed E-state index contributed by atoms with van der Waals surface area (Å²) in [4.78, 5) is 27.2. The van der Waals surface area contributed by atoms with Crippen molar-refractivity contribution in [2.75, 3.05) is 10.2 Å². The minimum Gasteiger partial charge on any atom is -0.479 e. The average Bonchev–Trinajstić information content (AvgIpc) is 2.73. The van der Waals surface area contributed by atoms with Crippen molar-refractivity contribution in [2.45, 2.75) is 26.5 Å². The van der Waals surface area contributed by atoms with Crippen molar-refractivity contribution >= 4 is 39.1 Å². The van der Waals surface area contributed by atoms with Crippen LogP contribution in [0.2, 0.25) is 0 Å². The molecule has 3 aromatic rings. The molecule has 0 saturated heterocycles. The summed E-state index contributed by atoms with van der Waals surface area (Å²) in [6, 6.07) is 20.7. The highest BCUT2D eigenvalue weighted by molar-refractivity contribution is 9.10. The number of hydrogen-bond donors (Lipinski definition) is 1. The highest BCUT2D eigenvalue weighted by atomic mass is 79.9. The molecular weight excluding hydrogens is 444 g/mol. The Morgan fingerprint density at radius 2 is 1.83 bits per heavy atom. The summed E-state index contributed by atoms with van der Waals surface area (Å²) in [5.74, 6) is 0.273. The first-order valence-electron chi connectivity index (χ1n) is 9.66. The van der Waals surface area contributed by atoms with Crippen molar-refractivity contribution in [1.82, 2.24) is 0 Å². The maximum absolute atomic E-state index is 12.9. The van der Waals surface area contributed by atoms with Gasteiger partial charge in [0.1, 0.15) is 5.75 Å². The van der Waals surface area contributed by atoms with Gasteiger partial charge in [-0.25, -0.2) is 0 Å². The zero-order valence-electron chi connectivity index (χ0n) is 16.7. The molecule has 6 heteroatoms. The molecule has 3 aromatic carbocycles. The Morgan fingerprint density at radius 3 is 2.57 bits per heavy atom. The maximum atomic E-state index is 12.9. The van der Waals surface area contributed by atoms with E-state index >= 15 is 0 Å². The third kappa shape index (κ3) is 4.09. The molecule has 0 spiro atoms. The third-order valence-corrected chi connectivity index (χ3v) is 5.70. The zero-order chi connectivity index (χ0) is 21.3. The van der Waals surface area contributed by atoms with E-state index in [4.69, 9.17) is 4.74 Å². The standard InChI is InChI=1S/C24H21BrN2O3/c1-15-7-9-17(10-8-15)14-27-21-13-18(11-12-22(21)30-16(2)24(27)29)26-23(28)19-5-3-4-6-20(19)25/h3-13,16H,14H2,1-2H3,(H,26,28). The molecule has 152 valence electrons. The molecule has 1 aliphatic heterocycles. The summed E-state index contributed by atoms with van der Waals surface area (Å²) < 4.78 is 6.50. The molecule has 1 aliphatic rings. The largest absolute Gasteiger partial charge is 0.479 e. The lowest BCUT2D eigenvalue weighted by molar-refractivity contribution is -0.125. The normalized spacial score (nSPS) is 15.4. The maximum Gasteiger partial charge on any atom is 0.268 e. The molecule has 0 fully saturated rings. The SMILES string of the molecule is Cc1ccc(CN2C(=O)C(C)Oc3ccc(NC(=O)c4ccccc4Br)cc32)cc1. The molecule has 0 radical (unpaired) electrons. The van der Waals surface area contributed by atoms with Gasteiger partial charge in [-0.1, -0.05) is 42.0 Å². The van der Waals surface area contributed by atoms with Crippen LogP contribution >= 0.6 is 15.9 Å². The molecule has 0 saturated carbocycles. The Hall–Kier alpha value is -3.12. The van der Waals surface area contributed by atoms with Crippen LogP contribution in [0.4, 0.5) is 11.4 Å². The van der Waals surface area contributed by atoms with Crippen LogP contribution in [0, 0.1) is 6.92 Å². The zero-order valence-corrected chi connectivity index (χ0v) is 18.3. The van der Waals surface area contributed by atoms with Crippen LogP contribution in [-0.2, 0) is 11.3 Å². The van der Waals surface area contributed by atoms with E-state index in [1.54, 1.807) is 36.1 Å². The van der Waals surface area contributed by atoms with Crippen LogP contribution in [0.5, 0.6) is 5.75 Å². The Balaban J connectivity index is 1.64. The minimum atomic E-state index is -0.566. The van der Waals surface area contributed by atoms with Crippen molar-refractivity contribution in [3.05, 3.63) is 87.9 Å². The number of aryl methyl sites for hydroxylation is 1. The van der Waals surface area contributed by atoms with Crippen LogP contribution in [0.1, 0.15) is 28.4 Å². The monoisotopic (exact) mass is 464 g/mol. The lowest BCUT2D eigenvalue weighted by atomic mass is 10.1. The van der Waals surface area contributed by atoms with Gasteiger partial charge in [0, 0.05) is 10.2 Å². The number of amides is 2. The molecule has 2 amide bonds. The van der Waals surface area contributed by atoms with E-state index in [0.29, 0.717) is 33.7 Å². The van der Waals surface area contributed by atoms with Gasteiger partial charge in [-0.2, -0.15) is 0 Å².